The van der Waals surface area contributed by atoms with Crippen molar-refractivity contribution in [3.63, 3.8) is 0 Å². The molecule has 0 radical (unpaired) electrons. The van der Waals surface area contributed by atoms with Gasteiger partial charge in [-0.15, -0.1) is 0 Å². The summed E-state index contributed by atoms with van der Waals surface area (Å²) in [5.41, 5.74) is 1.35. The molecule has 0 atom stereocenters. The maximum absolute atomic E-state index is 11.6. The quantitative estimate of drug-likeness (QED) is 0.560. The van der Waals surface area contributed by atoms with Gasteiger partial charge in [-0.25, -0.2) is 0 Å². The van der Waals surface area contributed by atoms with Gasteiger partial charge in [0.15, 0.2) is 12.4 Å². The van der Waals surface area contributed by atoms with E-state index in [0.29, 0.717) is 23.8 Å². The minimum absolute atomic E-state index is 0.168. The first kappa shape index (κ1) is 14.9. The average molecular weight is 312 g/mol. The molecule has 0 saturated heterocycles. The second-order valence-corrected chi connectivity index (χ2v) is 4.95. The Morgan fingerprint density at radius 3 is 2.91 bits per heavy atom. The summed E-state index contributed by atoms with van der Waals surface area (Å²) < 4.78 is 10.8. The molecule has 3 rings (SSSR count). The minimum atomic E-state index is -0.275. The Balaban J connectivity index is 1.51. The maximum atomic E-state index is 11.6. The number of amides is 1. The number of oxime groups is 1. The van der Waals surface area contributed by atoms with Gasteiger partial charge in [0.25, 0.3) is 5.91 Å². The van der Waals surface area contributed by atoms with Crippen molar-refractivity contribution in [1.29, 1.82) is 0 Å². The summed E-state index contributed by atoms with van der Waals surface area (Å²) in [4.78, 5) is 16.7. The second-order valence-electron chi connectivity index (χ2n) is 4.95. The SMILES string of the molecule is CC(=NOCC(=O)NCc1ccco1)c1cc2ccccc2o1. The Morgan fingerprint density at radius 2 is 2.13 bits per heavy atom. The summed E-state index contributed by atoms with van der Waals surface area (Å²) in [5, 5.41) is 7.58. The van der Waals surface area contributed by atoms with Crippen molar-refractivity contribution in [3.8, 4) is 0 Å². The number of benzene rings is 1. The normalized spacial score (nSPS) is 11.6. The summed E-state index contributed by atoms with van der Waals surface area (Å²) in [6.07, 6.45) is 1.55. The zero-order valence-corrected chi connectivity index (χ0v) is 12.6. The fraction of sp³-hybridized carbons (Fsp3) is 0.176. The Labute approximate surface area is 132 Å². The molecule has 0 aliphatic carbocycles. The zero-order valence-electron chi connectivity index (χ0n) is 12.6. The van der Waals surface area contributed by atoms with Crippen LogP contribution in [0.25, 0.3) is 11.0 Å². The first-order chi connectivity index (χ1) is 11.2. The molecule has 2 heterocycles. The van der Waals surface area contributed by atoms with E-state index in [4.69, 9.17) is 13.7 Å². The van der Waals surface area contributed by atoms with Crippen molar-refractivity contribution in [3.05, 3.63) is 60.2 Å². The van der Waals surface area contributed by atoms with E-state index >= 15 is 0 Å². The smallest absolute Gasteiger partial charge is 0.261 e. The summed E-state index contributed by atoms with van der Waals surface area (Å²) in [6.45, 7) is 1.91. The van der Waals surface area contributed by atoms with E-state index in [1.807, 2.05) is 30.3 Å². The van der Waals surface area contributed by atoms with E-state index < -0.39 is 0 Å². The number of para-hydroxylation sites is 1. The molecule has 0 fully saturated rings. The van der Waals surface area contributed by atoms with E-state index in [-0.39, 0.29) is 12.5 Å². The predicted octanol–water partition coefficient (Wildman–Crippen LogP) is 3.08. The van der Waals surface area contributed by atoms with E-state index in [2.05, 4.69) is 10.5 Å². The van der Waals surface area contributed by atoms with Crippen LogP contribution in [0.4, 0.5) is 0 Å². The third kappa shape index (κ3) is 3.79. The molecule has 23 heavy (non-hydrogen) atoms. The number of fused-ring (bicyclic) bond motifs is 1. The van der Waals surface area contributed by atoms with E-state index in [9.17, 15) is 4.79 Å². The lowest BCUT2D eigenvalue weighted by molar-refractivity contribution is -0.125. The van der Waals surface area contributed by atoms with E-state index in [1.54, 1.807) is 25.3 Å². The molecule has 0 saturated carbocycles. The Kier molecular flexibility index (Phi) is 4.42. The molecule has 6 heteroatoms. The molecule has 0 bridgehead atoms. The Morgan fingerprint density at radius 1 is 1.26 bits per heavy atom. The summed E-state index contributed by atoms with van der Waals surface area (Å²) >= 11 is 0. The fourth-order valence-corrected chi connectivity index (χ4v) is 2.04. The number of nitrogens with zero attached hydrogens (tertiary/aromatic N) is 1. The van der Waals surface area contributed by atoms with Crippen LogP contribution in [0.3, 0.4) is 0 Å². The van der Waals surface area contributed by atoms with Gasteiger partial charge in [-0.2, -0.15) is 0 Å². The van der Waals surface area contributed by atoms with E-state index in [0.717, 1.165) is 11.0 Å². The standard InChI is InChI=1S/C17H16N2O4/c1-12(16-9-13-5-2-3-7-15(13)23-16)19-22-11-17(20)18-10-14-6-4-8-21-14/h2-9H,10-11H2,1H3,(H,18,20). The molecule has 1 N–H and O–H groups in total. The maximum Gasteiger partial charge on any atom is 0.261 e. The van der Waals surface area contributed by atoms with Gasteiger partial charge in [0, 0.05) is 5.39 Å². The van der Waals surface area contributed by atoms with Gasteiger partial charge in [-0.3, -0.25) is 4.79 Å². The molecule has 3 aromatic rings. The first-order valence-corrected chi connectivity index (χ1v) is 7.17. The van der Waals surface area contributed by atoms with Crippen LogP contribution in [0.1, 0.15) is 18.4 Å². The highest BCUT2D eigenvalue weighted by Crippen LogP contribution is 2.19. The molecular formula is C17H16N2O4. The summed E-state index contributed by atoms with van der Waals surface area (Å²) in [5.74, 6) is 1.02. The molecule has 1 amide bonds. The van der Waals surface area contributed by atoms with Crippen molar-refractivity contribution in [2.24, 2.45) is 5.16 Å². The number of rotatable bonds is 6. The van der Waals surface area contributed by atoms with Crippen LogP contribution in [0.5, 0.6) is 0 Å². The van der Waals surface area contributed by atoms with Crippen LogP contribution in [0.15, 0.2) is 62.7 Å². The van der Waals surface area contributed by atoms with Crippen LogP contribution in [-0.4, -0.2) is 18.2 Å². The van der Waals surface area contributed by atoms with Gasteiger partial charge >= 0.3 is 0 Å². The highest BCUT2D eigenvalue weighted by molar-refractivity contribution is 5.99. The monoisotopic (exact) mass is 312 g/mol. The van der Waals surface area contributed by atoms with Crippen LogP contribution < -0.4 is 5.32 Å². The number of carbonyl (C=O) groups is 1. The molecule has 0 aliphatic heterocycles. The van der Waals surface area contributed by atoms with Gasteiger partial charge in [-0.1, -0.05) is 23.4 Å². The first-order valence-electron chi connectivity index (χ1n) is 7.17. The van der Waals surface area contributed by atoms with Gasteiger partial charge in [0.1, 0.15) is 17.1 Å². The van der Waals surface area contributed by atoms with Gasteiger partial charge in [0.2, 0.25) is 0 Å². The average Bonchev–Trinajstić information content (AvgIpc) is 3.22. The molecule has 0 aliphatic rings. The number of hydrogen-bond acceptors (Lipinski definition) is 5. The fourth-order valence-electron chi connectivity index (χ4n) is 2.04. The molecule has 118 valence electrons. The summed E-state index contributed by atoms with van der Waals surface area (Å²) in [7, 11) is 0. The number of carbonyl (C=O) groups excluding carboxylic acids is 1. The van der Waals surface area contributed by atoms with Crippen molar-refractivity contribution in [2.75, 3.05) is 6.61 Å². The molecule has 1 aromatic carbocycles. The summed E-state index contributed by atoms with van der Waals surface area (Å²) in [6, 6.07) is 13.1. The lowest BCUT2D eigenvalue weighted by atomic mass is 10.2. The van der Waals surface area contributed by atoms with Crippen LogP contribution in [0.2, 0.25) is 0 Å². The highest BCUT2D eigenvalue weighted by atomic mass is 16.6. The van der Waals surface area contributed by atoms with Crippen molar-refractivity contribution < 1.29 is 18.5 Å². The predicted molar refractivity (Wildman–Crippen MR) is 84.9 cm³/mol. The van der Waals surface area contributed by atoms with Crippen LogP contribution in [0, 0.1) is 0 Å². The largest absolute Gasteiger partial charge is 0.467 e. The van der Waals surface area contributed by atoms with Gasteiger partial charge < -0.3 is 19.0 Å². The second kappa shape index (κ2) is 6.83. The van der Waals surface area contributed by atoms with E-state index in [1.165, 1.54) is 0 Å². The Hall–Kier alpha value is -3.02. The molecule has 0 unspecified atom stereocenters. The third-order valence-electron chi connectivity index (χ3n) is 3.22. The molecule has 2 aromatic heterocycles. The van der Waals surface area contributed by atoms with Crippen LogP contribution >= 0.6 is 0 Å². The van der Waals surface area contributed by atoms with Crippen molar-refractivity contribution >= 4 is 22.6 Å². The molecular weight excluding hydrogens is 296 g/mol. The van der Waals surface area contributed by atoms with Crippen molar-refractivity contribution in [2.45, 2.75) is 13.5 Å². The number of furan rings is 2. The minimum Gasteiger partial charge on any atom is -0.467 e. The van der Waals surface area contributed by atoms with Gasteiger partial charge in [-0.05, 0) is 31.2 Å². The third-order valence-corrected chi connectivity index (χ3v) is 3.22. The number of hydrogen-bond donors (Lipinski definition) is 1. The Bertz CT molecular complexity index is 785. The molecule has 0 spiro atoms. The number of nitrogens with one attached hydrogen (secondary N) is 1. The lowest BCUT2D eigenvalue weighted by Crippen LogP contribution is -2.26. The highest BCUT2D eigenvalue weighted by Gasteiger charge is 2.07. The zero-order chi connectivity index (χ0) is 16.1. The lowest BCUT2D eigenvalue weighted by Gasteiger charge is -2.02. The topological polar surface area (TPSA) is 77.0 Å². The van der Waals surface area contributed by atoms with Gasteiger partial charge in [0.05, 0.1) is 12.8 Å². The molecule has 6 nitrogen and oxygen atoms in total. The van der Waals surface area contributed by atoms with Crippen LogP contribution in [-0.2, 0) is 16.2 Å². The van der Waals surface area contributed by atoms with Crippen molar-refractivity contribution in [1.82, 2.24) is 5.32 Å².